The zero-order valence-corrected chi connectivity index (χ0v) is 16.3. The van der Waals surface area contributed by atoms with Crippen LogP contribution in [0.25, 0.3) is 11.1 Å². The Morgan fingerprint density at radius 2 is 2.15 bits per heavy atom. The predicted octanol–water partition coefficient (Wildman–Crippen LogP) is 4.06. The van der Waals surface area contributed by atoms with Crippen LogP contribution >= 0.6 is 11.3 Å². The summed E-state index contributed by atoms with van der Waals surface area (Å²) >= 11 is 1.66. The zero-order chi connectivity index (χ0) is 18.8. The highest BCUT2D eigenvalue weighted by Crippen LogP contribution is 2.30. The third-order valence-corrected chi connectivity index (χ3v) is 6.33. The molecule has 3 heterocycles. The molecule has 0 unspecified atom stereocenters. The van der Waals surface area contributed by atoms with Crippen LogP contribution in [-0.4, -0.2) is 42.6 Å². The van der Waals surface area contributed by atoms with Crippen molar-refractivity contribution in [2.45, 2.75) is 38.3 Å². The van der Waals surface area contributed by atoms with Crippen LogP contribution in [0.1, 0.15) is 31.7 Å². The third-order valence-electron chi connectivity index (χ3n) is 5.64. The Labute approximate surface area is 164 Å². The van der Waals surface area contributed by atoms with Gasteiger partial charge in [0.25, 0.3) is 0 Å². The second-order valence-corrected chi connectivity index (χ2v) is 8.20. The number of likely N-dealkylation sites (tertiary alicyclic amines) is 1. The Balaban J connectivity index is 1.44. The Bertz CT molecular complexity index is 858. The Morgan fingerprint density at radius 3 is 2.85 bits per heavy atom. The van der Waals surface area contributed by atoms with Crippen LogP contribution in [-0.2, 0) is 0 Å². The average molecular weight is 381 g/mol. The minimum absolute atomic E-state index is 0.0557. The fraction of sp³-hybridized carbons (Fsp3) is 0.429. The molecule has 6 heteroatoms. The molecule has 2 aliphatic rings. The van der Waals surface area contributed by atoms with Crippen molar-refractivity contribution in [3.63, 3.8) is 0 Å². The first kappa shape index (κ1) is 17.9. The minimum Gasteiger partial charge on any atom is -0.368 e. The molecule has 2 fully saturated rings. The number of nitrogens with zero attached hydrogens (tertiary/aromatic N) is 3. The Morgan fingerprint density at radius 1 is 1.26 bits per heavy atom. The van der Waals surface area contributed by atoms with Crippen molar-refractivity contribution >= 4 is 23.1 Å². The van der Waals surface area contributed by atoms with Crippen LogP contribution in [0, 0.1) is 11.3 Å². The number of nitriles is 1. The van der Waals surface area contributed by atoms with Gasteiger partial charge in [-0.2, -0.15) is 16.6 Å². The van der Waals surface area contributed by atoms with E-state index in [2.05, 4.69) is 40.7 Å². The lowest BCUT2D eigenvalue weighted by Gasteiger charge is -2.25. The van der Waals surface area contributed by atoms with E-state index >= 15 is 0 Å². The number of hydrogen-bond acceptors (Lipinski definition) is 4. The number of carbonyl (C=O) groups excluding carboxylic acids is 1. The van der Waals surface area contributed by atoms with E-state index in [0.717, 1.165) is 55.7 Å². The van der Waals surface area contributed by atoms with E-state index in [0.29, 0.717) is 11.6 Å². The molecular weight excluding hydrogens is 356 g/mol. The summed E-state index contributed by atoms with van der Waals surface area (Å²) in [6, 6.07) is 11.0. The maximum atomic E-state index is 12.5. The van der Waals surface area contributed by atoms with E-state index in [1.807, 2.05) is 22.4 Å². The number of amides is 2. The van der Waals surface area contributed by atoms with Crippen molar-refractivity contribution in [1.82, 2.24) is 10.2 Å². The van der Waals surface area contributed by atoms with Gasteiger partial charge >= 0.3 is 6.03 Å². The number of thiophene rings is 1. The van der Waals surface area contributed by atoms with Crippen LogP contribution in [0.2, 0.25) is 0 Å². The fourth-order valence-corrected chi connectivity index (χ4v) is 4.76. The van der Waals surface area contributed by atoms with Gasteiger partial charge in [-0.15, -0.1) is 0 Å². The maximum absolute atomic E-state index is 12.5. The van der Waals surface area contributed by atoms with Gasteiger partial charge in [-0.1, -0.05) is 6.07 Å². The van der Waals surface area contributed by atoms with Crippen LogP contribution in [0.3, 0.4) is 0 Å². The van der Waals surface area contributed by atoms with Gasteiger partial charge in [-0.25, -0.2) is 4.79 Å². The zero-order valence-electron chi connectivity index (χ0n) is 15.5. The van der Waals surface area contributed by atoms with Crippen LogP contribution < -0.4 is 10.2 Å². The molecule has 2 aliphatic heterocycles. The minimum atomic E-state index is 0.0557. The number of benzene rings is 1. The predicted molar refractivity (Wildman–Crippen MR) is 109 cm³/mol. The fourth-order valence-electron chi connectivity index (χ4n) is 4.10. The largest absolute Gasteiger partial charge is 0.368 e. The van der Waals surface area contributed by atoms with Gasteiger partial charge < -0.3 is 15.1 Å². The summed E-state index contributed by atoms with van der Waals surface area (Å²) < 4.78 is 0. The third kappa shape index (κ3) is 3.65. The summed E-state index contributed by atoms with van der Waals surface area (Å²) in [6.07, 6.45) is 3.09. The molecule has 5 nitrogen and oxygen atoms in total. The van der Waals surface area contributed by atoms with E-state index in [-0.39, 0.29) is 12.1 Å². The van der Waals surface area contributed by atoms with E-state index in [4.69, 9.17) is 0 Å². The van der Waals surface area contributed by atoms with Crippen molar-refractivity contribution in [2.75, 3.05) is 24.5 Å². The van der Waals surface area contributed by atoms with Crippen molar-refractivity contribution < 1.29 is 4.79 Å². The molecule has 4 rings (SSSR count). The highest BCUT2D eigenvalue weighted by molar-refractivity contribution is 7.08. The Kier molecular flexibility index (Phi) is 5.04. The lowest BCUT2D eigenvalue weighted by atomic mass is 10.0. The smallest absolute Gasteiger partial charge is 0.317 e. The molecule has 0 bridgehead atoms. The average Bonchev–Trinajstić information content (AvgIpc) is 3.43. The first-order valence-corrected chi connectivity index (χ1v) is 10.5. The topological polar surface area (TPSA) is 59.4 Å². The van der Waals surface area contributed by atoms with E-state index in [9.17, 15) is 10.1 Å². The molecule has 140 valence electrons. The van der Waals surface area contributed by atoms with Gasteiger partial charge in [-0.3, -0.25) is 0 Å². The van der Waals surface area contributed by atoms with Gasteiger partial charge in [0.2, 0.25) is 0 Å². The number of anilines is 1. The lowest BCUT2D eigenvalue weighted by molar-refractivity contribution is 0.193. The monoisotopic (exact) mass is 380 g/mol. The van der Waals surface area contributed by atoms with E-state index in [1.54, 1.807) is 11.3 Å². The maximum Gasteiger partial charge on any atom is 0.317 e. The SMILES string of the molecule is C[C@@H]1CCCN1C(=O)N[C@H]1CCN(c2ccc(-c3ccsc3)cc2C#N)C1. The molecular formula is C21H24N4OS. The van der Waals surface area contributed by atoms with Crippen LogP contribution in [0.5, 0.6) is 0 Å². The van der Waals surface area contributed by atoms with Gasteiger partial charge in [0.1, 0.15) is 6.07 Å². The van der Waals surface area contributed by atoms with Crippen molar-refractivity contribution in [2.24, 2.45) is 0 Å². The summed E-state index contributed by atoms with van der Waals surface area (Å²) in [6.45, 7) is 4.57. The number of urea groups is 1. The molecule has 2 aromatic rings. The summed E-state index contributed by atoms with van der Waals surface area (Å²) in [4.78, 5) is 16.7. The lowest BCUT2D eigenvalue weighted by Crippen LogP contribution is -2.47. The van der Waals surface area contributed by atoms with Gasteiger partial charge in [0.05, 0.1) is 11.3 Å². The van der Waals surface area contributed by atoms with E-state index in [1.165, 1.54) is 0 Å². The summed E-state index contributed by atoms with van der Waals surface area (Å²) in [5.74, 6) is 0. The molecule has 0 spiro atoms. The normalized spacial score (nSPS) is 22.1. The summed E-state index contributed by atoms with van der Waals surface area (Å²) in [5, 5.41) is 17.0. The molecule has 27 heavy (non-hydrogen) atoms. The number of nitrogens with one attached hydrogen (secondary N) is 1. The van der Waals surface area contributed by atoms with Gasteiger partial charge in [0.15, 0.2) is 0 Å². The highest BCUT2D eigenvalue weighted by Gasteiger charge is 2.30. The molecule has 1 N–H and O–H groups in total. The van der Waals surface area contributed by atoms with Gasteiger partial charge in [-0.05, 0) is 66.3 Å². The molecule has 0 saturated carbocycles. The molecule has 0 aliphatic carbocycles. The summed E-state index contributed by atoms with van der Waals surface area (Å²) in [5.41, 5.74) is 3.87. The number of rotatable bonds is 3. The van der Waals surface area contributed by atoms with Crippen molar-refractivity contribution in [3.05, 3.63) is 40.6 Å². The summed E-state index contributed by atoms with van der Waals surface area (Å²) in [7, 11) is 0. The number of carbonyl (C=O) groups is 1. The molecule has 2 atom stereocenters. The van der Waals surface area contributed by atoms with Crippen molar-refractivity contribution in [1.29, 1.82) is 5.26 Å². The first-order chi connectivity index (χ1) is 13.2. The molecule has 1 aromatic heterocycles. The first-order valence-electron chi connectivity index (χ1n) is 9.54. The molecule has 0 radical (unpaired) electrons. The molecule has 1 aromatic carbocycles. The van der Waals surface area contributed by atoms with Crippen LogP contribution in [0.15, 0.2) is 35.0 Å². The van der Waals surface area contributed by atoms with Crippen molar-refractivity contribution in [3.8, 4) is 17.2 Å². The standard InChI is InChI=1S/C21H24N4OS/c1-15-3-2-8-25(15)21(26)23-19-6-9-24(13-19)20-5-4-16(11-18(20)12-22)17-7-10-27-14-17/h4-5,7,10-11,14-15,19H,2-3,6,8-9,13H2,1H3,(H,23,26)/t15-,19+/m1/s1. The van der Waals surface area contributed by atoms with Gasteiger partial charge in [0, 0.05) is 31.7 Å². The quantitative estimate of drug-likeness (QED) is 0.874. The second kappa shape index (κ2) is 7.61. The highest BCUT2D eigenvalue weighted by atomic mass is 32.1. The van der Waals surface area contributed by atoms with E-state index < -0.39 is 0 Å². The molecule has 2 amide bonds. The molecule has 2 saturated heterocycles. The second-order valence-electron chi connectivity index (χ2n) is 7.42. The number of hydrogen-bond donors (Lipinski definition) is 1. The Hall–Kier alpha value is -2.52. The van der Waals surface area contributed by atoms with Crippen LogP contribution in [0.4, 0.5) is 10.5 Å².